The molecule has 0 fully saturated rings. The minimum atomic E-state index is -0.433. The number of amides is 1. The average molecular weight is 406 g/mol. The Hall–Kier alpha value is -3.94. The van der Waals surface area contributed by atoms with Gasteiger partial charge in [0, 0.05) is 11.9 Å². The number of benzene rings is 2. The van der Waals surface area contributed by atoms with E-state index in [0.29, 0.717) is 34.9 Å². The van der Waals surface area contributed by atoms with Gasteiger partial charge >= 0.3 is 5.69 Å². The lowest BCUT2D eigenvalue weighted by Crippen LogP contribution is -2.28. The van der Waals surface area contributed by atoms with Gasteiger partial charge in [0.05, 0.1) is 17.8 Å². The van der Waals surface area contributed by atoms with Gasteiger partial charge in [0.1, 0.15) is 18.1 Å². The minimum Gasteiger partial charge on any atom is -0.494 e. The monoisotopic (exact) mass is 406 g/mol. The molecule has 4 rings (SSSR count). The van der Waals surface area contributed by atoms with Crippen molar-refractivity contribution in [2.24, 2.45) is 0 Å². The molecule has 2 heterocycles. The van der Waals surface area contributed by atoms with Crippen LogP contribution < -0.4 is 15.7 Å². The van der Waals surface area contributed by atoms with Crippen LogP contribution in [-0.4, -0.2) is 26.6 Å². The number of anilines is 1. The van der Waals surface area contributed by atoms with E-state index in [1.54, 1.807) is 42.6 Å². The molecule has 0 bridgehead atoms. The first kappa shape index (κ1) is 19.4. The number of pyridine rings is 1. The van der Waals surface area contributed by atoms with Gasteiger partial charge < -0.3 is 10.1 Å². The maximum atomic E-state index is 13.3. The summed E-state index contributed by atoms with van der Waals surface area (Å²) >= 11 is 0. The molecule has 1 N–H and O–H groups in total. The second-order valence-corrected chi connectivity index (χ2v) is 6.53. The fraction of sp³-hybridized carbons (Fsp3) is 0.136. The first-order valence-corrected chi connectivity index (χ1v) is 9.41. The number of fused-ring (bicyclic) bond motifs is 1. The van der Waals surface area contributed by atoms with E-state index in [0.717, 1.165) is 0 Å². The number of carbonyl (C=O) groups excluding carboxylic acids is 1. The maximum absolute atomic E-state index is 13.3. The lowest BCUT2D eigenvalue weighted by molar-refractivity contribution is -0.116. The predicted octanol–water partition coefficient (Wildman–Crippen LogP) is 3.36. The molecule has 0 aliphatic rings. The molecule has 0 unspecified atom stereocenters. The van der Waals surface area contributed by atoms with E-state index in [4.69, 9.17) is 4.74 Å². The van der Waals surface area contributed by atoms with Crippen LogP contribution in [0.4, 0.5) is 10.1 Å². The first-order chi connectivity index (χ1) is 14.6. The Morgan fingerprint density at radius 3 is 2.53 bits per heavy atom. The highest BCUT2D eigenvalue weighted by molar-refractivity contribution is 5.91. The van der Waals surface area contributed by atoms with E-state index in [1.165, 1.54) is 33.4 Å². The zero-order valence-corrected chi connectivity index (χ0v) is 16.2. The van der Waals surface area contributed by atoms with Crippen molar-refractivity contribution >= 4 is 22.8 Å². The highest BCUT2D eigenvalue weighted by Gasteiger charge is 2.17. The molecule has 0 aliphatic heterocycles. The summed E-state index contributed by atoms with van der Waals surface area (Å²) in [6, 6.07) is 15.9. The standard InChI is InChI=1S/C22H19FN4O3/c1-2-30-18-11-7-16(8-12-18)25-20(28)14-26-19-4-3-13-24-21(19)27(22(26)29)17-9-5-15(23)6-10-17/h3-13H,2,14H2,1H3,(H,25,28). The van der Waals surface area contributed by atoms with Crippen molar-refractivity contribution in [1.29, 1.82) is 0 Å². The molecule has 7 nitrogen and oxygen atoms in total. The third-order valence-corrected chi connectivity index (χ3v) is 4.53. The predicted molar refractivity (Wildman–Crippen MR) is 112 cm³/mol. The average Bonchev–Trinajstić information content (AvgIpc) is 3.02. The summed E-state index contributed by atoms with van der Waals surface area (Å²) in [5.74, 6) is -0.0540. The zero-order valence-electron chi connectivity index (χ0n) is 16.2. The fourth-order valence-corrected chi connectivity index (χ4v) is 3.21. The zero-order chi connectivity index (χ0) is 21.1. The summed E-state index contributed by atoms with van der Waals surface area (Å²) in [4.78, 5) is 30.0. The molecule has 8 heteroatoms. The Morgan fingerprint density at radius 2 is 1.83 bits per heavy atom. The summed E-state index contributed by atoms with van der Waals surface area (Å²) < 4.78 is 21.4. The third-order valence-electron chi connectivity index (χ3n) is 4.53. The first-order valence-electron chi connectivity index (χ1n) is 9.41. The van der Waals surface area contributed by atoms with Crippen molar-refractivity contribution in [3.63, 3.8) is 0 Å². The fourth-order valence-electron chi connectivity index (χ4n) is 3.21. The summed E-state index contributed by atoms with van der Waals surface area (Å²) in [7, 11) is 0. The molecule has 2 aromatic heterocycles. The van der Waals surface area contributed by atoms with Crippen LogP contribution in [0.25, 0.3) is 16.9 Å². The smallest absolute Gasteiger partial charge is 0.335 e. The van der Waals surface area contributed by atoms with Gasteiger partial charge in [-0.05, 0) is 67.6 Å². The highest BCUT2D eigenvalue weighted by Crippen LogP contribution is 2.18. The van der Waals surface area contributed by atoms with Crippen molar-refractivity contribution in [3.8, 4) is 11.4 Å². The Labute approximate surface area is 171 Å². The molecule has 2 aromatic carbocycles. The van der Waals surface area contributed by atoms with Gasteiger partial charge in [-0.3, -0.25) is 9.36 Å². The lowest BCUT2D eigenvalue weighted by Gasteiger charge is -2.08. The second kappa shape index (κ2) is 8.20. The van der Waals surface area contributed by atoms with E-state index in [-0.39, 0.29) is 12.5 Å². The minimum absolute atomic E-state index is 0.192. The Bertz CT molecular complexity index is 1240. The third kappa shape index (κ3) is 3.80. The van der Waals surface area contributed by atoms with Gasteiger partial charge in [-0.1, -0.05) is 0 Å². The van der Waals surface area contributed by atoms with E-state index >= 15 is 0 Å². The number of halogens is 1. The molecule has 152 valence electrons. The molecule has 0 spiro atoms. The van der Waals surface area contributed by atoms with Crippen LogP contribution >= 0.6 is 0 Å². The van der Waals surface area contributed by atoms with Gasteiger partial charge in [-0.15, -0.1) is 0 Å². The molecule has 0 atom stereocenters. The molecule has 0 radical (unpaired) electrons. The van der Waals surface area contributed by atoms with Crippen LogP contribution in [0.2, 0.25) is 0 Å². The number of nitrogens with one attached hydrogen (secondary N) is 1. The van der Waals surface area contributed by atoms with Gasteiger partial charge in [0.25, 0.3) is 0 Å². The Balaban J connectivity index is 1.64. The molecular formula is C22H19FN4O3. The van der Waals surface area contributed by atoms with Gasteiger partial charge in [-0.2, -0.15) is 0 Å². The largest absolute Gasteiger partial charge is 0.494 e. The number of ether oxygens (including phenoxy) is 1. The second-order valence-electron chi connectivity index (χ2n) is 6.53. The van der Waals surface area contributed by atoms with Crippen molar-refractivity contribution in [3.05, 3.63) is 83.2 Å². The Kier molecular flexibility index (Phi) is 5.30. The van der Waals surface area contributed by atoms with Gasteiger partial charge in [-0.25, -0.2) is 18.7 Å². The van der Waals surface area contributed by atoms with E-state index in [9.17, 15) is 14.0 Å². The number of aromatic nitrogens is 3. The van der Waals surface area contributed by atoms with Crippen molar-refractivity contribution in [2.45, 2.75) is 13.5 Å². The lowest BCUT2D eigenvalue weighted by atomic mass is 10.3. The number of nitrogens with zero attached hydrogens (tertiary/aromatic N) is 3. The van der Waals surface area contributed by atoms with Crippen LogP contribution in [-0.2, 0) is 11.3 Å². The van der Waals surface area contributed by atoms with Gasteiger partial charge in [0.2, 0.25) is 5.91 Å². The number of hydrogen-bond acceptors (Lipinski definition) is 4. The van der Waals surface area contributed by atoms with Crippen LogP contribution in [0.3, 0.4) is 0 Å². The topological polar surface area (TPSA) is 78.1 Å². The summed E-state index contributed by atoms with van der Waals surface area (Å²) in [6.07, 6.45) is 1.56. The number of imidazole rings is 1. The highest BCUT2D eigenvalue weighted by atomic mass is 19.1. The molecule has 1 amide bonds. The maximum Gasteiger partial charge on any atom is 0.335 e. The van der Waals surface area contributed by atoms with Crippen molar-refractivity contribution < 1.29 is 13.9 Å². The number of hydrogen-bond donors (Lipinski definition) is 1. The van der Waals surface area contributed by atoms with Crippen LogP contribution in [0.1, 0.15) is 6.92 Å². The summed E-state index contributed by atoms with van der Waals surface area (Å²) in [6.45, 7) is 2.26. The molecule has 0 saturated heterocycles. The summed E-state index contributed by atoms with van der Waals surface area (Å²) in [5.41, 5.74) is 1.53. The van der Waals surface area contributed by atoms with Crippen LogP contribution in [0, 0.1) is 5.82 Å². The number of rotatable bonds is 6. The number of carbonyl (C=O) groups is 1. The molecule has 4 aromatic rings. The van der Waals surface area contributed by atoms with E-state index in [2.05, 4.69) is 10.3 Å². The van der Waals surface area contributed by atoms with E-state index in [1.807, 2.05) is 6.92 Å². The molecular weight excluding hydrogens is 387 g/mol. The normalized spacial score (nSPS) is 10.9. The van der Waals surface area contributed by atoms with Crippen LogP contribution in [0.5, 0.6) is 5.75 Å². The summed E-state index contributed by atoms with van der Waals surface area (Å²) in [5, 5.41) is 2.77. The quantitative estimate of drug-likeness (QED) is 0.533. The van der Waals surface area contributed by atoms with Crippen LogP contribution in [0.15, 0.2) is 71.7 Å². The van der Waals surface area contributed by atoms with Crippen molar-refractivity contribution in [1.82, 2.24) is 14.1 Å². The molecule has 0 aliphatic carbocycles. The van der Waals surface area contributed by atoms with Crippen molar-refractivity contribution in [2.75, 3.05) is 11.9 Å². The van der Waals surface area contributed by atoms with E-state index < -0.39 is 11.5 Å². The Morgan fingerprint density at radius 1 is 1.10 bits per heavy atom. The molecule has 30 heavy (non-hydrogen) atoms. The molecule has 0 saturated carbocycles. The van der Waals surface area contributed by atoms with Gasteiger partial charge in [0.15, 0.2) is 5.65 Å². The SMILES string of the molecule is CCOc1ccc(NC(=O)Cn2c(=O)n(-c3ccc(F)cc3)c3ncccc32)cc1.